The average molecular weight is 503 g/mol. The number of imidazole rings is 1. The van der Waals surface area contributed by atoms with Crippen LogP contribution in [0.1, 0.15) is 78.9 Å². The molecular formula is C23H28F2N8O3. The van der Waals surface area contributed by atoms with Crippen molar-refractivity contribution in [1.29, 1.82) is 0 Å². The van der Waals surface area contributed by atoms with E-state index in [1.807, 2.05) is 19.9 Å². The van der Waals surface area contributed by atoms with Gasteiger partial charge in [-0.05, 0) is 35.5 Å². The lowest BCUT2D eigenvalue weighted by atomic mass is 9.81. The van der Waals surface area contributed by atoms with E-state index < -0.39 is 17.9 Å². The number of fused-ring (bicyclic) bond motifs is 1. The average Bonchev–Trinajstić information content (AvgIpc) is 3.57. The van der Waals surface area contributed by atoms with Gasteiger partial charge < -0.3 is 15.5 Å². The van der Waals surface area contributed by atoms with Crippen molar-refractivity contribution in [3.05, 3.63) is 41.1 Å². The molecule has 0 spiro atoms. The number of nitrogens with zero attached hydrogens (tertiary/aromatic N) is 6. The fourth-order valence-electron chi connectivity index (χ4n) is 4.82. The van der Waals surface area contributed by atoms with Crippen LogP contribution >= 0.6 is 0 Å². The molecule has 0 radical (unpaired) electrons. The normalized spacial score (nSPS) is 19.1. The van der Waals surface area contributed by atoms with Gasteiger partial charge in [-0.3, -0.25) is 4.79 Å². The van der Waals surface area contributed by atoms with Gasteiger partial charge in [0.05, 0.1) is 24.1 Å². The molecular weight excluding hydrogens is 474 g/mol. The summed E-state index contributed by atoms with van der Waals surface area (Å²) < 4.78 is 34.2. The Labute approximate surface area is 205 Å². The number of rotatable bonds is 7. The Morgan fingerprint density at radius 3 is 2.78 bits per heavy atom. The molecule has 2 fully saturated rings. The van der Waals surface area contributed by atoms with E-state index >= 15 is 0 Å². The monoisotopic (exact) mass is 502 g/mol. The zero-order valence-corrected chi connectivity index (χ0v) is 20.1. The first kappa shape index (κ1) is 24.1. The van der Waals surface area contributed by atoms with Gasteiger partial charge in [0, 0.05) is 38.4 Å². The minimum atomic E-state index is -2.71. The highest BCUT2D eigenvalue weighted by Gasteiger charge is 2.40. The third-order valence-electron chi connectivity index (χ3n) is 6.83. The van der Waals surface area contributed by atoms with Crippen LogP contribution in [0, 0.1) is 5.92 Å². The smallest absolute Gasteiger partial charge is 0.317 e. The van der Waals surface area contributed by atoms with Gasteiger partial charge in [0.2, 0.25) is 5.92 Å². The topological polar surface area (TPSA) is 131 Å². The lowest BCUT2D eigenvalue weighted by Crippen LogP contribution is -2.37. The van der Waals surface area contributed by atoms with E-state index in [4.69, 9.17) is 9.61 Å². The molecule has 1 atom stereocenters. The molecule has 11 nitrogen and oxygen atoms in total. The van der Waals surface area contributed by atoms with Crippen LogP contribution in [0.2, 0.25) is 0 Å². The molecule has 36 heavy (non-hydrogen) atoms. The van der Waals surface area contributed by atoms with Crippen LogP contribution in [0.5, 0.6) is 0 Å². The Morgan fingerprint density at radius 2 is 2.08 bits per heavy atom. The van der Waals surface area contributed by atoms with Crippen LogP contribution in [0.4, 0.5) is 13.6 Å². The largest absolute Gasteiger partial charge is 0.342 e. The van der Waals surface area contributed by atoms with Crippen LogP contribution < -0.4 is 10.6 Å². The van der Waals surface area contributed by atoms with Crippen molar-refractivity contribution in [1.82, 2.24) is 40.4 Å². The molecule has 2 aliphatic rings. The maximum absolute atomic E-state index is 13.9. The molecule has 3 amide bonds. The minimum absolute atomic E-state index is 0.0733. The number of urea groups is 1. The summed E-state index contributed by atoms with van der Waals surface area (Å²) in [5.74, 6) is -3.52. The standard InChI is InChI=1S/C23H28F2N8O3/c1-13(2)18-20(31-36-30-18)21(34)29-19(15-3-5-23(24,25)6-4-15)16-12-33-17(28-16)9-14(10-27-33)11-32-8-7-26-22(32)35/h9-10,12-13,15,19H,3-8,11H2,1-2H3,(H,26,35)(H,29,34)/t19-/m0/s1. The second-order valence-electron chi connectivity index (χ2n) is 9.78. The highest BCUT2D eigenvalue weighted by Crippen LogP contribution is 2.41. The summed E-state index contributed by atoms with van der Waals surface area (Å²) in [6.45, 7) is 5.34. The van der Waals surface area contributed by atoms with Crippen molar-refractivity contribution < 1.29 is 23.0 Å². The van der Waals surface area contributed by atoms with Gasteiger partial charge in [-0.2, -0.15) is 5.10 Å². The Morgan fingerprint density at radius 1 is 1.31 bits per heavy atom. The molecule has 0 aromatic carbocycles. The first-order valence-electron chi connectivity index (χ1n) is 12.1. The first-order chi connectivity index (χ1) is 17.2. The number of alkyl halides is 2. The highest BCUT2D eigenvalue weighted by atomic mass is 19.3. The highest BCUT2D eigenvalue weighted by molar-refractivity contribution is 5.93. The van der Waals surface area contributed by atoms with Gasteiger partial charge in [0.25, 0.3) is 5.91 Å². The summed E-state index contributed by atoms with van der Waals surface area (Å²) >= 11 is 0. The molecule has 2 N–H and O–H groups in total. The predicted molar refractivity (Wildman–Crippen MR) is 122 cm³/mol. The van der Waals surface area contributed by atoms with Gasteiger partial charge in [-0.25, -0.2) is 27.7 Å². The second kappa shape index (κ2) is 9.43. The van der Waals surface area contributed by atoms with E-state index in [9.17, 15) is 18.4 Å². The van der Waals surface area contributed by atoms with E-state index in [0.717, 1.165) is 5.56 Å². The van der Waals surface area contributed by atoms with Crippen LogP contribution in [-0.4, -0.2) is 60.8 Å². The number of carbonyl (C=O) groups excluding carboxylic acids is 2. The van der Waals surface area contributed by atoms with E-state index in [1.165, 1.54) is 0 Å². The summed E-state index contributed by atoms with van der Waals surface area (Å²) in [7, 11) is 0. The van der Waals surface area contributed by atoms with Crippen molar-refractivity contribution in [2.45, 2.75) is 64.0 Å². The molecule has 192 valence electrons. The van der Waals surface area contributed by atoms with Gasteiger partial charge >= 0.3 is 6.03 Å². The molecule has 5 rings (SSSR count). The maximum Gasteiger partial charge on any atom is 0.317 e. The summed E-state index contributed by atoms with van der Waals surface area (Å²) in [4.78, 5) is 31.4. The zero-order chi connectivity index (χ0) is 25.4. The molecule has 1 aliphatic heterocycles. The number of halogens is 2. The van der Waals surface area contributed by atoms with Gasteiger partial charge in [0.15, 0.2) is 11.3 Å². The van der Waals surface area contributed by atoms with Gasteiger partial charge in [0.1, 0.15) is 5.69 Å². The minimum Gasteiger partial charge on any atom is -0.342 e. The number of carbonyl (C=O) groups is 2. The van der Waals surface area contributed by atoms with Crippen molar-refractivity contribution in [2.24, 2.45) is 5.92 Å². The van der Waals surface area contributed by atoms with Gasteiger partial charge in [-0.1, -0.05) is 19.0 Å². The Bertz CT molecular complexity index is 1260. The first-order valence-corrected chi connectivity index (χ1v) is 12.1. The van der Waals surface area contributed by atoms with Crippen molar-refractivity contribution in [2.75, 3.05) is 13.1 Å². The van der Waals surface area contributed by atoms with Gasteiger partial charge in [-0.15, -0.1) is 0 Å². The Hall–Kier alpha value is -3.64. The second-order valence-corrected chi connectivity index (χ2v) is 9.78. The number of hydrogen-bond donors (Lipinski definition) is 2. The molecule has 3 aromatic rings. The van der Waals surface area contributed by atoms with Crippen LogP contribution in [0.25, 0.3) is 5.65 Å². The number of aromatic nitrogens is 5. The van der Waals surface area contributed by atoms with Crippen molar-refractivity contribution in [3.63, 3.8) is 0 Å². The van der Waals surface area contributed by atoms with E-state index in [-0.39, 0.29) is 49.2 Å². The summed E-state index contributed by atoms with van der Waals surface area (Å²) in [5.41, 5.74) is 2.36. The molecule has 0 unspecified atom stereocenters. The van der Waals surface area contributed by atoms with Crippen LogP contribution in [-0.2, 0) is 6.54 Å². The third kappa shape index (κ3) is 4.86. The third-order valence-corrected chi connectivity index (χ3v) is 6.83. The fraction of sp³-hybridized carbons (Fsp3) is 0.565. The number of nitrogens with one attached hydrogen (secondary N) is 2. The molecule has 1 saturated carbocycles. The summed E-state index contributed by atoms with van der Waals surface area (Å²) in [6.07, 6.45) is 3.34. The summed E-state index contributed by atoms with van der Waals surface area (Å²) in [6, 6.07) is 1.08. The molecule has 1 saturated heterocycles. The quantitative estimate of drug-likeness (QED) is 0.508. The SMILES string of the molecule is CC(C)c1nonc1C(=O)N[C@H](c1cn2ncc(CN3CCNC3=O)cc2n1)C1CCC(F)(F)CC1. The summed E-state index contributed by atoms with van der Waals surface area (Å²) in [5, 5.41) is 17.7. The number of hydrogen-bond acceptors (Lipinski definition) is 7. The maximum atomic E-state index is 13.9. The Kier molecular flexibility index (Phi) is 6.31. The number of amides is 3. The molecule has 0 bridgehead atoms. The molecule has 3 aromatic heterocycles. The fourth-order valence-corrected chi connectivity index (χ4v) is 4.82. The van der Waals surface area contributed by atoms with E-state index in [0.29, 0.717) is 36.7 Å². The lowest BCUT2D eigenvalue weighted by molar-refractivity contribution is -0.0495. The molecule has 4 heterocycles. The lowest BCUT2D eigenvalue weighted by Gasteiger charge is -2.33. The van der Waals surface area contributed by atoms with Crippen LogP contribution in [0.15, 0.2) is 23.1 Å². The van der Waals surface area contributed by atoms with Crippen molar-refractivity contribution >= 4 is 17.6 Å². The van der Waals surface area contributed by atoms with Crippen molar-refractivity contribution in [3.8, 4) is 0 Å². The molecule has 13 heteroatoms. The van der Waals surface area contributed by atoms with Crippen LogP contribution in [0.3, 0.4) is 0 Å². The zero-order valence-electron chi connectivity index (χ0n) is 20.1. The van der Waals surface area contributed by atoms with E-state index in [2.05, 4.69) is 26.0 Å². The van der Waals surface area contributed by atoms with E-state index in [1.54, 1.807) is 21.8 Å². The Balaban J connectivity index is 1.43. The predicted octanol–water partition coefficient (Wildman–Crippen LogP) is 3.06. The molecule has 1 aliphatic carbocycles.